The van der Waals surface area contributed by atoms with Crippen molar-refractivity contribution in [1.82, 2.24) is 9.21 Å². The number of ether oxygens (including phenoxy) is 2. The fourth-order valence-corrected chi connectivity index (χ4v) is 4.54. The molecule has 0 saturated carbocycles. The molecule has 2 aliphatic heterocycles. The Morgan fingerprint density at radius 2 is 1.77 bits per heavy atom. The van der Waals surface area contributed by atoms with E-state index in [1.807, 2.05) is 0 Å². The molecule has 2 fully saturated rings. The van der Waals surface area contributed by atoms with Crippen molar-refractivity contribution in [3.8, 4) is 0 Å². The minimum atomic E-state index is -3.85. The van der Waals surface area contributed by atoms with E-state index in [1.165, 1.54) is 21.3 Å². The molecule has 2 aliphatic rings. The molecule has 0 aromatic heterocycles. The SMILES string of the molecule is O=C(O)C1CN(C(=O)c2ccccc2S(=O)(=O)N2CCOCC2)CCO1. The van der Waals surface area contributed by atoms with Crippen molar-refractivity contribution in [2.45, 2.75) is 11.0 Å². The van der Waals surface area contributed by atoms with Gasteiger partial charge in [-0.25, -0.2) is 13.2 Å². The Hall–Kier alpha value is -2.01. The van der Waals surface area contributed by atoms with Crippen LogP contribution in [0.3, 0.4) is 0 Å². The summed E-state index contributed by atoms with van der Waals surface area (Å²) >= 11 is 0. The van der Waals surface area contributed by atoms with Crippen LogP contribution in [0.5, 0.6) is 0 Å². The molecule has 142 valence electrons. The number of carboxylic acid groups (broad SMARTS) is 1. The summed E-state index contributed by atoms with van der Waals surface area (Å²) in [5, 5.41) is 9.09. The van der Waals surface area contributed by atoms with Crippen molar-refractivity contribution < 1.29 is 32.6 Å². The van der Waals surface area contributed by atoms with Gasteiger partial charge in [-0.05, 0) is 12.1 Å². The molecule has 2 saturated heterocycles. The van der Waals surface area contributed by atoms with E-state index < -0.39 is 28.0 Å². The Kier molecular flexibility index (Phi) is 5.56. The zero-order valence-electron chi connectivity index (χ0n) is 14.0. The topological polar surface area (TPSA) is 113 Å². The van der Waals surface area contributed by atoms with E-state index in [-0.39, 0.29) is 43.2 Å². The lowest BCUT2D eigenvalue weighted by Gasteiger charge is -2.32. The number of rotatable bonds is 4. The average Bonchev–Trinajstić information content (AvgIpc) is 2.68. The number of nitrogens with zero attached hydrogens (tertiary/aromatic N) is 2. The fraction of sp³-hybridized carbons (Fsp3) is 0.500. The van der Waals surface area contributed by atoms with Gasteiger partial charge in [-0.15, -0.1) is 0 Å². The summed E-state index contributed by atoms with van der Waals surface area (Å²) in [5.74, 6) is -1.68. The Morgan fingerprint density at radius 3 is 2.46 bits per heavy atom. The molecule has 2 heterocycles. The van der Waals surface area contributed by atoms with Crippen LogP contribution in [0.15, 0.2) is 29.2 Å². The minimum Gasteiger partial charge on any atom is -0.479 e. The van der Waals surface area contributed by atoms with Gasteiger partial charge in [0, 0.05) is 19.6 Å². The smallest absolute Gasteiger partial charge is 0.334 e. The number of carbonyl (C=O) groups is 2. The second-order valence-corrected chi connectivity index (χ2v) is 7.87. The van der Waals surface area contributed by atoms with Gasteiger partial charge in [0.1, 0.15) is 0 Å². The molecular weight excluding hydrogens is 364 g/mol. The highest BCUT2D eigenvalue weighted by molar-refractivity contribution is 7.89. The first kappa shape index (κ1) is 18.8. The summed E-state index contributed by atoms with van der Waals surface area (Å²) in [7, 11) is -3.85. The maximum atomic E-state index is 12.9. The first-order valence-corrected chi connectivity index (χ1v) is 9.66. The van der Waals surface area contributed by atoms with Crippen LogP contribution in [0.2, 0.25) is 0 Å². The largest absolute Gasteiger partial charge is 0.479 e. The number of sulfonamides is 1. The van der Waals surface area contributed by atoms with Crippen LogP contribution < -0.4 is 0 Å². The van der Waals surface area contributed by atoms with Gasteiger partial charge in [0.2, 0.25) is 10.0 Å². The predicted octanol–water partition coefficient (Wildman–Crippen LogP) is -0.367. The van der Waals surface area contributed by atoms with E-state index in [4.69, 9.17) is 14.6 Å². The molecule has 1 aromatic carbocycles. The first-order chi connectivity index (χ1) is 12.4. The van der Waals surface area contributed by atoms with Crippen molar-refractivity contribution in [3.63, 3.8) is 0 Å². The number of hydrogen-bond donors (Lipinski definition) is 1. The monoisotopic (exact) mass is 384 g/mol. The van der Waals surface area contributed by atoms with Crippen LogP contribution in [-0.4, -0.2) is 86.7 Å². The van der Waals surface area contributed by atoms with E-state index in [0.717, 1.165) is 0 Å². The normalized spacial score (nSPS) is 22.2. The van der Waals surface area contributed by atoms with Gasteiger partial charge in [-0.2, -0.15) is 4.31 Å². The highest BCUT2D eigenvalue weighted by atomic mass is 32.2. The Labute approximate surface area is 151 Å². The Bertz CT molecular complexity index is 790. The molecule has 3 rings (SSSR count). The maximum Gasteiger partial charge on any atom is 0.334 e. The van der Waals surface area contributed by atoms with Gasteiger partial charge in [0.05, 0.1) is 36.8 Å². The highest BCUT2D eigenvalue weighted by Crippen LogP contribution is 2.23. The molecule has 1 amide bonds. The third-order valence-corrected chi connectivity index (χ3v) is 6.29. The zero-order valence-corrected chi connectivity index (χ0v) is 14.9. The third-order valence-electron chi connectivity index (χ3n) is 4.33. The summed E-state index contributed by atoms with van der Waals surface area (Å²) in [6, 6.07) is 5.98. The molecule has 0 spiro atoms. The van der Waals surface area contributed by atoms with E-state index in [1.54, 1.807) is 12.1 Å². The molecular formula is C16H20N2O7S. The first-order valence-electron chi connectivity index (χ1n) is 8.22. The molecule has 0 radical (unpaired) electrons. The van der Waals surface area contributed by atoms with Gasteiger partial charge in [0.25, 0.3) is 5.91 Å². The van der Waals surface area contributed by atoms with Gasteiger partial charge in [-0.3, -0.25) is 4.79 Å². The van der Waals surface area contributed by atoms with Crippen molar-refractivity contribution in [3.05, 3.63) is 29.8 Å². The molecule has 1 unspecified atom stereocenters. The van der Waals surface area contributed by atoms with Crippen LogP contribution in [0.4, 0.5) is 0 Å². The number of morpholine rings is 2. The number of amides is 1. The predicted molar refractivity (Wildman–Crippen MR) is 89.3 cm³/mol. The van der Waals surface area contributed by atoms with Crippen molar-refractivity contribution in [1.29, 1.82) is 0 Å². The van der Waals surface area contributed by atoms with Crippen LogP contribution in [-0.2, 0) is 24.3 Å². The van der Waals surface area contributed by atoms with E-state index in [9.17, 15) is 18.0 Å². The highest BCUT2D eigenvalue weighted by Gasteiger charge is 2.34. The van der Waals surface area contributed by atoms with E-state index >= 15 is 0 Å². The van der Waals surface area contributed by atoms with Gasteiger partial charge >= 0.3 is 5.97 Å². The average molecular weight is 384 g/mol. The molecule has 1 N–H and O–H groups in total. The number of hydrogen-bond acceptors (Lipinski definition) is 6. The summed E-state index contributed by atoms with van der Waals surface area (Å²) in [6.45, 7) is 1.22. The lowest BCUT2D eigenvalue weighted by atomic mass is 10.1. The van der Waals surface area contributed by atoms with Crippen molar-refractivity contribution in [2.24, 2.45) is 0 Å². The molecule has 0 bridgehead atoms. The summed E-state index contributed by atoms with van der Waals surface area (Å²) in [6.07, 6.45) is -1.12. The molecule has 1 aromatic rings. The standard InChI is InChI=1S/C16H20N2O7S/c19-15(17-5-10-25-13(11-17)16(20)21)12-3-1-2-4-14(12)26(22,23)18-6-8-24-9-7-18/h1-4,13H,5-11H2,(H,20,21). The van der Waals surface area contributed by atoms with Crippen LogP contribution in [0, 0.1) is 0 Å². The zero-order chi connectivity index (χ0) is 18.7. The third kappa shape index (κ3) is 3.73. The summed E-state index contributed by atoms with van der Waals surface area (Å²) in [5.41, 5.74) is 0.0324. The molecule has 0 aliphatic carbocycles. The fourth-order valence-electron chi connectivity index (χ4n) is 2.95. The molecule has 9 nitrogen and oxygen atoms in total. The molecule has 26 heavy (non-hydrogen) atoms. The van der Waals surface area contributed by atoms with Crippen LogP contribution in [0.25, 0.3) is 0 Å². The quantitative estimate of drug-likeness (QED) is 0.754. The summed E-state index contributed by atoms with van der Waals surface area (Å²) in [4.78, 5) is 25.2. The Morgan fingerprint density at radius 1 is 1.08 bits per heavy atom. The van der Waals surface area contributed by atoms with Crippen LogP contribution in [0.1, 0.15) is 10.4 Å². The Balaban J connectivity index is 1.89. The number of carbonyl (C=O) groups excluding carboxylic acids is 1. The number of carboxylic acids is 1. The molecule has 10 heteroatoms. The van der Waals surface area contributed by atoms with Gasteiger partial charge in [0.15, 0.2) is 6.10 Å². The van der Waals surface area contributed by atoms with Gasteiger partial charge in [-0.1, -0.05) is 12.1 Å². The second-order valence-electron chi connectivity index (χ2n) is 5.96. The van der Waals surface area contributed by atoms with Crippen LogP contribution >= 0.6 is 0 Å². The summed E-state index contributed by atoms with van der Waals surface area (Å²) < 4.78 is 37.5. The van der Waals surface area contributed by atoms with Gasteiger partial charge < -0.3 is 19.5 Å². The lowest BCUT2D eigenvalue weighted by Crippen LogP contribution is -2.49. The minimum absolute atomic E-state index is 0.0324. The maximum absolute atomic E-state index is 12.9. The van der Waals surface area contributed by atoms with E-state index in [2.05, 4.69) is 0 Å². The number of benzene rings is 1. The lowest BCUT2D eigenvalue weighted by molar-refractivity contribution is -0.154. The van der Waals surface area contributed by atoms with Crippen molar-refractivity contribution in [2.75, 3.05) is 46.0 Å². The molecule has 1 atom stereocenters. The second kappa shape index (κ2) is 7.70. The van der Waals surface area contributed by atoms with Crippen molar-refractivity contribution >= 4 is 21.9 Å². The number of aliphatic carboxylic acids is 1. The van der Waals surface area contributed by atoms with E-state index in [0.29, 0.717) is 13.2 Å².